The molecule has 4 aromatic rings. The van der Waals surface area contributed by atoms with Gasteiger partial charge in [0, 0.05) is 43.0 Å². The van der Waals surface area contributed by atoms with E-state index >= 15 is 0 Å². The van der Waals surface area contributed by atoms with E-state index in [0.29, 0.717) is 34.6 Å². The molecule has 2 heterocycles. The van der Waals surface area contributed by atoms with Gasteiger partial charge in [0.1, 0.15) is 11.3 Å². The number of likely N-dealkylation sites (tertiary alicyclic amines) is 1. The minimum atomic E-state index is -4.94. The fraction of sp³-hybridized carbons (Fsp3) is 0.214. The van der Waals surface area contributed by atoms with Crippen molar-refractivity contribution in [1.82, 2.24) is 20.2 Å². The molecule has 0 saturated carbocycles. The average molecular weight is 555 g/mol. The van der Waals surface area contributed by atoms with Gasteiger partial charge in [0.25, 0.3) is 11.8 Å². The predicted octanol–water partition coefficient (Wildman–Crippen LogP) is 5.61. The molecule has 0 bridgehead atoms. The molecule has 1 aromatic heterocycles. The average Bonchev–Trinajstić information content (AvgIpc) is 2.92. The van der Waals surface area contributed by atoms with E-state index in [2.05, 4.69) is 20.0 Å². The van der Waals surface area contributed by atoms with Crippen LogP contribution in [0.5, 0.6) is 5.75 Å². The van der Waals surface area contributed by atoms with Crippen LogP contribution in [0.4, 0.5) is 13.2 Å². The fourth-order valence-electron chi connectivity index (χ4n) is 4.80. The lowest BCUT2D eigenvalue weighted by molar-refractivity contribution is -0.274. The quantitative estimate of drug-likeness (QED) is 0.347. The van der Waals surface area contributed by atoms with Gasteiger partial charge in [-0.2, -0.15) is 0 Å². The van der Waals surface area contributed by atoms with Gasteiger partial charge in [-0.05, 0) is 36.2 Å². The van der Waals surface area contributed by atoms with Crippen LogP contribution >= 0.6 is 11.6 Å². The lowest BCUT2D eigenvalue weighted by Gasteiger charge is -2.39. The molecule has 3 aromatic carbocycles. The van der Waals surface area contributed by atoms with Crippen LogP contribution in [-0.2, 0) is 0 Å². The molecule has 2 atom stereocenters. The van der Waals surface area contributed by atoms with Crippen molar-refractivity contribution in [2.75, 3.05) is 13.1 Å². The number of carbonyl (C=O) groups is 2. The number of nitrogens with zero attached hydrogens (tertiary/aromatic N) is 3. The topological polar surface area (TPSA) is 84.4 Å². The van der Waals surface area contributed by atoms with E-state index < -0.39 is 24.1 Å². The molecule has 1 aliphatic rings. The summed E-state index contributed by atoms with van der Waals surface area (Å²) < 4.78 is 42.7. The third kappa shape index (κ3) is 5.96. The summed E-state index contributed by atoms with van der Waals surface area (Å²) in [6.45, 7) is 0.578. The van der Waals surface area contributed by atoms with Gasteiger partial charge in [0.05, 0.1) is 16.1 Å². The van der Waals surface area contributed by atoms with Crippen LogP contribution in [-0.4, -0.2) is 52.2 Å². The van der Waals surface area contributed by atoms with Crippen molar-refractivity contribution in [1.29, 1.82) is 0 Å². The summed E-state index contributed by atoms with van der Waals surface area (Å²) in [5, 5.41) is 3.19. The molecule has 1 saturated heterocycles. The van der Waals surface area contributed by atoms with Crippen LogP contribution in [0, 0.1) is 0 Å². The molecule has 0 radical (unpaired) electrons. The highest BCUT2D eigenvalue weighted by Gasteiger charge is 2.36. The van der Waals surface area contributed by atoms with Crippen molar-refractivity contribution in [3.8, 4) is 5.75 Å². The molecule has 11 heteroatoms. The molecular weight excluding hydrogens is 533 g/mol. The first-order chi connectivity index (χ1) is 18.7. The highest BCUT2D eigenvalue weighted by Crippen LogP contribution is 2.31. The van der Waals surface area contributed by atoms with Crippen molar-refractivity contribution >= 4 is 34.4 Å². The van der Waals surface area contributed by atoms with Crippen LogP contribution in [0.3, 0.4) is 0 Å². The minimum Gasteiger partial charge on any atom is -0.405 e. The number of halogens is 4. The second kappa shape index (κ2) is 10.9. The highest BCUT2D eigenvalue weighted by molar-refractivity contribution is 6.35. The first-order valence-electron chi connectivity index (χ1n) is 12.1. The molecular formula is C28H22ClF3N4O3. The number of alkyl halides is 3. The Labute approximate surface area is 226 Å². The summed E-state index contributed by atoms with van der Waals surface area (Å²) in [5.41, 5.74) is 2.00. The van der Waals surface area contributed by atoms with Crippen LogP contribution in [0.2, 0.25) is 5.02 Å². The number of hydrogen-bond donors (Lipinski definition) is 1. The van der Waals surface area contributed by atoms with Crippen LogP contribution < -0.4 is 10.1 Å². The first-order valence-corrected chi connectivity index (χ1v) is 12.5. The van der Waals surface area contributed by atoms with Gasteiger partial charge in [0.15, 0.2) is 0 Å². The molecule has 0 spiro atoms. The number of aromatic nitrogens is 2. The first kappa shape index (κ1) is 26.4. The Morgan fingerprint density at radius 3 is 2.49 bits per heavy atom. The van der Waals surface area contributed by atoms with E-state index in [1.807, 2.05) is 30.3 Å². The number of benzene rings is 3. The second-order valence-electron chi connectivity index (χ2n) is 9.06. The van der Waals surface area contributed by atoms with E-state index in [4.69, 9.17) is 11.6 Å². The Hall–Kier alpha value is -4.18. The number of nitrogens with one attached hydrogen (secondary N) is 1. The molecule has 1 aliphatic heterocycles. The standard InChI is InChI=1S/C28H22ClF3N4O3/c29-21-14-18(15-23-25(21)34-12-11-33-23)27(38)36-13-10-22(20(16-36)17-6-2-1-3-7-17)35-26(37)19-8-4-5-9-24(19)39-28(30,31)32/h1-9,11-12,14-15,20,22H,10,13,16H2,(H,35,37)/t20-,22-/m1/s1. The Balaban J connectivity index is 1.39. The van der Waals surface area contributed by atoms with Crippen LogP contribution in [0.1, 0.15) is 38.6 Å². The third-order valence-corrected chi connectivity index (χ3v) is 6.86. The molecule has 1 fully saturated rings. The Bertz CT molecular complexity index is 1520. The zero-order valence-corrected chi connectivity index (χ0v) is 21.1. The number of ether oxygens (including phenoxy) is 1. The van der Waals surface area contributed by atoms with E-state index in [0.717, 1.165) is 11.6 Å². The molecule has 1 N–H and O–H groups in total. The number of para-hydroxylation sites is 1. The maximum atomic E-state index is 13.5. The largest absolute Gasteiger partial charge is 0.573 e. The Morgan fingerprint density at radius 1 is 1.00 bits per heavy atom. The maximum absolute atomic E-state index is 13.5. The van der Waals surface area contributed by atoms with Crippen LogP contribution in [0.25, 0.3) is 11.0 Å². The van der Waals surface area contributed by atoms with Gasteiger partial charge in [-0.25, -0.2) is 0 Å². The van der Waals surface area contributed by atoms with Gasteiger partial charge < -0.3 is 15.0 Å². The predicted molar refractivity (Wildman–Crippen MR) is 139 cm³/mol. The number of fused-ring (bicyclic) bond motifs is 1. The zero-order valence-electron chi connectivity index (χ0n) is 20.4. The maximum Gasteiger partial charge on any atom is 0.573 e. The monoisotopic (exact) mass is 554 g/mol. The SMILES string of the molecule is O=C(N[C@@H]1CCN(C(=O)c2cc(Cl)c3nccnc3c2)C[C@@H]1c1ccccc1)c1ccccc1OC(F)(F)F. The van der Waals surface area contributed by atoms with Gasteiger partial charge in [-0.3, -0.25) is 19.6 Å². The van der Waals surface area contributed by atoms with Gasteiger partial charge in [-0.15, -0.1) is 13.2 Å². The van der Waals surface area contributed by atoms with Crippen molar-refractivity contribution in [2.45, 2.75) is 24.7 Å². The summed E-state index contributed by atoms with van der Waals surface area (Å²) >= 11 is 6.36. The summed E-state index contributed by atoms with van der Waals surface area (Å²) in [4.78, 5) is 36.8. The van der Waals surface area contributed by atoms with Crippen LogP contribution in [0.15, 0.2) is 79.1 Å². The Kier molecular flexibility index (Phi) is 7.38. The minimum absolute atomic E-state index is 0.230. The van der Waals surface area contributed by atoms with E-state index in [1.54, 1.807) is 17.0 Å². The Morgan fingerprint density at radius 2 is 1.72 bits per heavy atom. The summed E-state index contributed by atoms with van der Waals surface area (Å²) in [7, 11) is 0. The van der Waals surface area contributed by atoms with Crippen molar-refractivity contribution in [3.05, 3.63) is 101 Å². The molecule has 7 nitrogen and oxygen atoms in total. The molecule has 200 valence electrons. The number of rotatable bonds is 5. The molecule has 0 unspecified atom stereocenters. The number of piperidine rings is 1. The zero-order chi connectivity index (χ0) is 27.6. The lowest BCUT2D eigenvalue weighted by atomic mass is 9.85. The molecule has 5 rings (SSSR count). The summed E-state index contributed by atoms with van der Waals surface area (Å²) in [6.07, 6.45) is -1.52. The number of hydrogen-bond acceptors (Lipinski definition) is 5. The van der Waals surface area contributed by atoms with Crippen molar-refractivity contribution in [2.24, 2.45) is 0 Å². The van der Waals surface area contributed by atoms with Gasteiger partial charge in [-0.1, -0.05) is 54.1 Å². The van der Waals surface area contributed by atoms with Gasteiger partial charge in [0.2, 0.25) is 0 Å². The summed E-state index contributed by atoms with van der Waals surface area (Å²) in [6, 6.07) is 17.3. The van der Waals surface area contributed by atoms with E-state index in [9.17, 15) is 22.8 Å². The van der Waals surface area contributed by atoms with E-state index in [1.165, 1.54) is 30.6 Å². The molecule has 2 amide bonds. The normalized spacial score (nSPS) is 17.6. The summed E-state index contributed by atoms with van der Waals surface area (Å²) in [5.74, 6) is -1.85. The third-order valence-electron chi connectivity index (χ3n) is 6.58. The lowest BCUT2D eigenvalue weighted by Crippen LogP contribution is -2.51. The number of carbonyl (C=O) groups excluding carboxylic acids is 2. The molecule has 39 heavy (non-hydrogen) atoms. The number of amides is 2. The molecule has 0 aliphatic carbocycles. The van der Waals surface area contributed by atoms with Crippen molar-refractivity contribution in [3.63, 3.8) is 0 Å². The smallest absolute Gasteiger partial charge is 0.405 e. The highest BCUT2D eigenvalue weighted by atomic mass is 35.5. The fourth-order valence-corrected chi connectivity index (χ4v) is 5.06. The second-order valence-corrected chi connectivity index (χ2v) is 9.47. The van der Waals surface area contributed by atoms with E-state index in [-0.39, 0.29) is 23.9 Å². The van der Waals surface area contributed by atoms with Crippen molar-refractivity contribution < 1.29 is 27.5 Å². The van der Waals surface area contributed by atoms with Gasteiger partial charge >= 0.3 is 6.36 Å².